The second-order valence-electron chi connectivity index (χ2n) is 4.52. The van der Waals surface area contributed by atoms with Crippen molar-refractivity contribution >= 4 is 23.2 Å². The van der Waals surface area contributed by atoms with E-state index in [1.807, 2.05) is 6.07 Å². The van der Waals surface area contributed by atoms with E-state index in [2.05, 4.69) is 5.32 Å². The molecule has 2 unspecified atom stereocenters. The molecule has 2 N–H and O–H groups in total. The lowest BCUT2D eigenvalue weighted by Crippen LogP contribution is -2.34. The first-order chi connectivity index (χ1) is 8.18. The van der Waals surface area contributed by atoms with Crippen LogP contribution in [0, 0.1) is 0 Å². The molecule has 0 aliphatic carbocycles. The Balaban J connectivity index is 2.14. The van der Waals surface area contributed by atoms with Crippen LogP contribution in [0.25, 0.3) is 0 Å². The minimum absolute atomic E-state index is 0.0937. The van der Waals surface area contributed by atoms with Crippen molar-refractivity contribution in [2.75, 3.05) is 6.54 Å². The molecule has 0 radical (unpaired) electrons. The van der Waals surface area contributed by atoms with Crippen LogP contribution in [-0.4, -0.2) is 17.7 Å². The van der Waals surface area contributed by atoms with Gasteiger partial charge < -0.3 is 10.4 Å². The van der Waals surface area contributed by atoms with Crippen LogP contribution < -0.4 is 5.32 Å². The summed E-state index contributed by atoms with van der Waals surface area (Å²) in [6, 6.07) is 5.35. The lowest BCUT2D eigenvalue weighted by molar-refractivity contribution is 0.126. The number of hydrogen-bond acceptors (Lipinski definition) is 2. The van der Waals surface area contributed by atoms with E-state index >= 15 is 0 Å². The third-order valence-electron chi connectivity index (χ3n) is 3.26. The van der Waals surface area contributed by atoms with E-state index in [9.17, 15) is 5.11 Å². The van der Waals surface area contributed by atoms with Crippen LogP contribution in [-0.2, 0) is 0 Å². The van der Waals surface area contributed by atoms with Crippen molar-refractivity contribution in [2.24, 2.45) is 0 Å². The average molecular weight is 274 g/mol. The maximum atomic E-state index is 10.4. The number of aliphatic hydroxyl groups is 1. The van der Waals surface area contributed by atoms with Crippen LogP contribution >= 0.6 is 23.2 Å². The van der Waals surface area contributed by atoms with Gasteiger partial charge in [-0.2, -0.15) is 0 Å². The first kappa shape index (κ1) is 13.2. The minimum atomic E-state index is -0.558. The SMILES string of the molecule is OC(c1ccc(Cl)cc1Cl)C1CCCCCN1. The summed E-state index contributed by atoms with van der Waals surface area (Å²) in [6.07, 6.45) is 3.99. The van der Waals surface area contributed by atoms with E-state index in [1.165, 1.54) is 12.8 Å². The number of halogens is 2. The third-order valence-corrected chi connectivity index (χ3v) is 3.82. The van der Waals surface area contributed by atoms with E-state index in [1.54, 1.807) is 12.1 Å². The van der Waals surface area contributed by atoms with E-state index in [0.717, 1.165) is 24.9 Å². The molecule has 0 aromatic heterocycles. The highest BCUT2D eigenvalue weighted by Gasteiger charge is 2.23. The van der Waals surface area contributed by atoms with Gasteiger partial charge in [0.1, 0.15) is 0 Å². The van der Waals surface area contributed by atoms with Crippen molar-refractivity contribution in [3.8, 4) is 0 Å². The number of hydrogen-bond donors (Lipinski definition) is 2. The Morgan fingerprint density at radius 2 is 2.06 bits per heavy atom. The summed E-state index contributed by atoms with van der Waals surface area (Å²) in [5, 5.41) is 14.9. The van der Waals surface area contributed by atoms with Gasteiger partial charge in [-0.3, -0.25) is 0 Å². The highest BCUT2D eigenvalue weighted by Crippen LogP contribution is 2.30. The Kier molecular flexibility index (Phi) is 4.69. The molecule has 1 heterocycles. The van der Waals surface area contributed by atoms with Gasteiger partial charge in [-0.05, 0) is 31.5 Å². The maximum Gasteiger partial charge on any atom is 0.0957 e. The molecule has 1 aromatic rings. The van der Waals surface area contributed by atoms with Gasteiger partial charge in [-0.1, -0.05) is 42.1 Å². The minimum Gasteiger partial charge on any atom is -0.387 e. The normalized spacial score (nSPS) is 23.1. The zero-order valence-corrected chi connectivity index (χ0v) is 11.1. The lowest BCUT2D eigenvalue weighted by atomic mass is 9.98. The van der Waals surface area contributed by atoms with Crippen LogP contribution in [0.3, 0.4) is 0 Å². The largest absolute Gasteiger partial charge is 0.387 e. The van der Waals surface area contributed by atoms with Gasteiger partial charge in [0, 0.05) is 21.7 Å². The van der Waals surface area contributed by atoms with Crippen LogP contribution in [0.2, 0.25) is 10.0 Å². The quantitative estimate of drug-likeness (QED) is 0.864. The van der Waals surface area contributed by atoms with Crippen molar-refractivity contribution < 1.29 is 5.11 Å². The summed E-state index contributed by atoms with van der Waals surface area (Å²) < 4.78 is 0. The van der Waals surface area contributed by atoms with E-state index in [0.29, 0.717) is 10.0 Å². The molecule has 0 saturated carbocycles. The molecule has 94 valence electrons. The molecule has 17 heavy (non-hydrogen) atoms. The summed E-state index contributed by atoms with van der Waals surface area (Å²) in [7, 11) is 0. The summed E-state index contributed by atoms with van der Waals surface area (Å²) in [6.45, 7) is 0.965. The van der Waals surface area contributed by atoms with Crippen molar-refractivity contribution in [3.05, 3.63) is 33.8 Å². The number of nitrogens with one attached hydrogen (secondary N) is 1. The summed E-state index contributed by atoms with van der Waals surface area (Å²) in [4.78, 5) is 0. The predicted octanol–water partition coefficient (Wildman–Crippen LogP) is 3.56. The molecule has 1 aliphatic heterocycles. The Hall–Kier alpha value is -0.280. The Labute approximate surface area is 112 Å². The molecule has 1 saturated heterocycles. The Bertz CT molecular complexity index is 376. The van der Waals surface area contributed by atoms with Crippen LogP contribution in [0.1, 0.15) is 37.4 Å². The first-order valence-electron chi connectivity index (χ1n) is 6.05. The van der Waals surface area contributed by atoms with Gasteiger partial charge in [0.2, 0.25) is 0 Å². The highest BCUT2D eigenvalue weighted by atomic mass is 35.5. The van der Waals surface area contributed by atoms with Crippen LogP contribution in [0.4, 0.5) is 0 Å². The monoisotopic (exact) mass is 273 g/mol. The lowest BCUT2D eigenvalue weighted by Gasteiger charge is -2.23. The molecule has 0 bridgehead atoms. The smallest absolute Gasteiger partial charge is 0.0957 e. The zero-order chi connectivity index (χ0) is 12.3. The van der Waals surface area contributed by atoms with Gasteiger partial charge in [-0.15, -0.1) is 0 Å². The van der Waals surface area contributed by atoms with Crippen molar-refractivity contribution in [1.82, 2.24) is 5.32 Å². The molecule has 0 spiro atoms. The highest BCUT2D eigenvalue weighted by molar-refractivity contribution is 6.35. The number of benzene rings is 1. The van der Waals surface area contributed by atoms with E-state index in [4.69, 9.17) is 23.2 Å². The fourth-order valence-corrected chi connectivity index (χ4v) is 2.80. The molecule has 1 aliphatic rings. The molecule has 1 aromatic carbocycles. The molecular weight excluding hydrogens is 257 g/mol. The molecular formula is C13H17Cl2NO. The predicted molar refractivity (Wildman–Crippen MR) is 71.7 cm³/mol. The van der Waals surface area contributed by atoms with Crippen molar-refractivity contribution in [3.63, 3.8) is 0 Å². The number of aliphatic hydroxyl groups excluding tert-OH is 1. The standard InChI is InChI=1S/C13H17Cl2NO/c14-9-5-6-10(11(15)8-9)13(17)12-4-2-1-3-7-16-12/h5-6,8,12-13,16-17H,1-4,7H2. The Morgan fingerprint density at radius 3 is 2.82 bits per heavy atom. The molecule has 1 fully saturated rings. The molecule has 2 nitrogen and oxygen atoms in total. The van der Waals surface area contributed by atoms with Crippen LogP contribution in [0.5, 0.6) is 0 Å². The summed E-state index contributed by atoms with van der Waals surface area (Å²) in [5.74, 6) is 0. The summed E-state index contributed by atoms with van der Waals surface area (Å²) >= 11 is 12.0. The zero-order valence-electron chi connectivity index (χ0n) is 9.63. The third kappa shape index (κ3) is 3.35. The van der Waals surface area contributed by atoms with E-state index < -0.39 is 6.10 Å². The fraction of sp³-hybridized carbons (Fsp3) is 0.538. The van der Waals surface area contributed by atoms with Crippen molar-refractivity contribution in [2.45, 2.75) is 37.8 Å². The van der Waals surface area contributed by atoms with Gasteiger partial charge >= 0.3 is 0 Å². The molecule has 4 heteroatoms. The van der Waals surface area contributed by atoms with Crippen LogP contribution in [0.15, 0.2) is 18.2 Å². The van der Waals surface area contributed by atoms with Gasteiger partial charge in [-0.25, -0.2) is 0 Å². The fourth-order valence-electron chi connectivity index (χ4n) is 2.28. The average Bonchev–Trinajstić information content (AvgIpc) is 2.56. The second-order valence-corrected chi connectivity index (χ2v) is 5.36. The second kappa shape index (κ2) is 6.05. The number of rotatable bonds is 2. The molecule has 0 amide bonds. The Morgan fingerprint density at radius 1 is 1.24 bits per heavy atom. The molecule has 2 rings (SSSR count). The maximum absolute atomic E-state index is 10.4. The first-order valence-corrected chi connectivity index (χ1v) is 6.80. The molecule has 2 atom stereocenters. The summed E-state index contributed by atoms with van der Waals surface area (Å²) in [5.41, 5.74) is 0.760. The topological polar surface area (TPSA) is 32.3 Å². The van der Waals surface area contributed by atoms with E-state index in [-0.39, 0.29) is 6.04 Å². The van der Waals surface area contributed by atoms with Crippen molar-refractivity contribution in [1.29, 1.82) is 0 Å². The van der Waals surface area contributed by atoms with Gasteiger partial charge in [0.05, 0.1) is 6.10 Å². The van der Waals surface area contributed by atoms with Gasteiger partial charge in [0.25, 0.3) is 0 Å². The van der Waals surface area contributed by atoms with Gasteiger partial charge in [0.15, 0.2) is 0 Å².